The summed E-state index contributed by atoms with van der Waals surface area (Å²) in [4.78, 5) is 37.5. The maximum absolute atomic E-state index is 12.4. The Hall–Kier alpha value is -2.41. The van der Waals surface area contributed by atoms with Crippen LogP contribution in [-0.2, 0) is 9.53 Å². The number of carbonyl (C=O) groups is 3. The van der Waals surface area contributed by atoms with Crippen LogP contribution in [-0.4, -0.2) is 59.6 Å². The SMILES string of the molecule is CCN(C)C(=O)c1cccc(C(=O)NC(CCOC(C)(C)C)C(=O)O)c1. The molecule has 0 heterocycles. The molecule has 1 unspecified atom stereocenters. The summed E-state index contributed by atoms with van der Waals surface area (Å²) in [5, 5.41) is 11.8. The van der Waals surface area contributed by atoms with E-state index in [2.05, 4.69) is 5.32 Å². The van der Waals surface area contributed by atoms with E-state index >= 15 is 0 Å². The van der Waals surface area contributed by atoms with E-state index in [1.165, 1.54) is 11.0 Å². The second-order valence-electron chi connectivity index (χ2n) is 7.01. The van der Waals surface area contributed by atoms with Crippen molar-refractivity contribution >= 4 is 17.8 Å². The van der Waals surface area contributed by atoms with Crippen molar-refractivity contribution in [2.45, 2.75) is 45.8 Å². The van der Waals surface area contributed by atoms with Gasteiger partial charge in [-0.1, -0.05) is 6.07 Å². The van der Waals surface area contributed by atoms with E-state index in [9.17, 15) is 19.5 Å². The van der Waals surface area contributed by atoms with Gasteiger partial charge in [0.2, 0.25) is 0 Å². The zero-order valence-electron chi connectivity index (χ0n) is 16.0. The molecule has 2 amide bonds. The quantitative estimate of drug-likeness (QED) is 0.737. The number of aliphatic carboxylic acids is 1. The Morgan fingerprint density at radius 1 is 1.23 bits per heavy atom. The van der Waals surface area contributed by atoms with Crippen LogP contribution in [0.25, 0.3) is 0 Å². The van der Waals surface area contributed by atoms with Gasteiger partial charge in [0.05, 0.1) is 5.60 Å². The lowest BCUT2D eigenvalue weighted by atomic mass is 10.1. The summed E-state index contributed by atoms with van der Waals surface area (Å²) in [5.41, 5.74) is 0.237. The lowest BCUT2D eigenvalue weighted by Crippen LogP contribution is -2.42. The zero-order valence-corrected chi connectivity index (χ0v) is 16.0. The molecule has 1 atom stereocenters. The van der Waals surface area contributed by atoms with Gasteiger partial charge < -0.3 is 20.1 Å². The van der Waals surface area contributed by atoms with Crippen molar-refractivity contribution < 1.29 is 24.2 Å². The summed E-state index contributed by atoms with van der Waals surface area (Å²) in [5.74, 6) is -1.87. The standard InChI is InChI=1S/C19H28N2O5/c1-6-21(5)17(23)14-9-7-8-13(12-14)16(22)20-15(18(24)25)10-11-26-19(2,3)4/h7-9,12,15H,6,10-11H2,1-5H3,(H,20,22)(H,24,25). The second-order valence-corrected chi connectivity index (χ2v) is 7.01. The summed E-state index contributed by atoms with van der Waals surface area (Å²) in [6, 6.07) is 5.17. The Bertz CT molecular complexity index is 652. The molecule has 7 heteroatoms. The van der Waals surface area contributed by atoms with Gasteiger partial charge in [-0.3, -0.25) is 9.59 Å². The molecule has 0 aliphatic carbocycles. The fourth-order valence-electron chi connectivity index (χ4n) is 2.14. The molecule has 0 saturated carbocycles. The molecule has 0 saturated heterocycles. The van der Waals surface area contributed by atoms with Crippen LogP contribution in [0.4, 0.5) is 0 Å². The molecule has 144 valence electrons. The third-order valence-corrected chi connectivity index (χ3v) is 3.74. The summed E-state index contributed by atoms with van der Waals surface area (Å²) >= 11 is 0. The average molecular weight is 364 g/mol. The van der Waals surface area contributed by atoms with E-state index in [1.54, 1.807) is 25.2 Å². The minimum absolute atomic E-state index is 0.148. The number of nitrogens with zero attached hydrogens (tertiary/aromatic N) is 1. The maximum Gasteiger partial charge on any atom is 0.326 e. The number of carboxylic acid groups (broad SMARTS) is 1. The van der Waals surface area contributed by atoms with Crippen LogP contribution in [0, 0.1) is 0 Å². The molecule has 0 aromatic heterocycles. The van der Waals surface area contributed by atoms with Gasteiger partial charge in [0.15, 0.2) is 0 Å². The molecule has 0 aliphatic rings. The van der Waals surface area contributed by atoms with Gasteiger partial charge in [-0.2, -0.15) is 0 Å². The number of hydrogen-bond donors (Lipinski definition) is 2. The number of rotatable bonds is 8. The van der Waals surface area contributed by atoms with Crippen LogP contribution < -0.4 is 5.32 Å². The molecule has 1 aromatic rings. The van der Waals surface area contributed by atoms with E-state index in [0.29, 0.717) is 12.1 Å². The summed E-state index contributed by atoms with van der Waals surface area (Å²) < 4.78 is 5.52. The molecule has 2 N–H and O–H groups in total. The summed E-state index contributed by atoms with van der Waals surface area (Å²) in [6.07, 6.45) is 0.148. The Kier molecular flexibility index (Phi) is 7.76. The number of benzene rings is 1. The first-order valence-corrected chi connectivity index (χ1v) is 8.58. The van der Waals surface area contributed by atoms with E-state index in [1.807, 2.05) is 27.7 Å². The monoisotopic (exact) mass is 364 g/mol. The molecular weight excluding hydrogens is 336 g/mol. The molecule has 1 aromatic carbocycles. The van der Waals surface area contributed by atoms with E-state index < -0.39 is 17.9 Å². The minimum atomic E-state index is -1.13. The van der Waals surface area contributed by atoms with Gasteiger partial charge in [-0.05, 0) is 45.9 Å². The van der Waals surface area contributed by atoms with Gasteiger partial charge >= 0.3 is 5.97 Å². The zero-order chi connectivity index (χ0) is 19.9. The van der Waals surface area contributed by atoms with Crippen molar-refractivity contribution in [2.24, 2.45) is 0 Å². The maximum atomic E-state index is 12.4. The van der Waals surface area contributed by atoms with Crippen LogP contribution in [0.15, 0.2) is 24.3 Å². The predicted molar refractivity (Wildman–Crippen MR) is 98.3 cm³/mol. The molecule has 0 fully saturated rings. The number of hydrogen-bond acceptors (Lipinski definition) is 4. The molecule has 1 rings (SSSR count). The molecular formula is C19H28N2O5. The third kappa shape index (κ3) is 6.84. The second kappa shape index (κ2) is 9.33. The van der Waals surface area contributed by atoms with Crippen molar-refractivity contribution in [3.8, 4) is 0 Å². The van der Waals surface area contributed by atoms with E-state index in [0.717, 1.165) is 0 Å². The van der Waals surface area contributed by atoms with Crippen molar-refractivity contribution in [1.29, 1.82) is 0 Å². The Labute approximate surface area is 154 Å². The highest BCUT2D eigenvalue weighted by molar-refractivity contribution is 6.00. The number of ether oxygens (including phenoxy) is 1. The smallest absolute Gasteiger partial charge is 0.326 e. The van der Waals surface area contributed by atoms with Crippen molar-refractivity contribution in [3.05, 3.63) is 35.4 Å². The van der Waals surface area contributed by atoms with Gasteiger partial charge in [0, 0.05) is 37.7 Å². The fourth-order valence-corrected chi connectivity index (χ4v) is 2.14. The van der Waals surface area contributed by atoms with Gasteiger partial charge in [0.1, 0.15) is 6.04 Å². The number of carbonyl (C=O) groups excluding carboxylic acids is 2. The first-order chi connectivity index (χ1) is 12.0. The largest absolute Gasteiger partial charge is 0.480 e. The van der Waals surface area contributed by atoms with Crippen molar-refractivity contribution in [1.82, 2.24) is 10.2 Å². The molecule has 0 bridgehead atoms. The number of carboxylic acids is 1. The highest BCUT2D eigenvalue weighted by atomic mass is 16.5. The van der Waals surface area contributed by atoms with Gasteiger partial charge in [-0.25, -0.2) is 4.79 Å². The van der Waals surface area contributed by atoms with E-state index in [-0.39, 0.29) is 30.1 Å². The van der Waals surface area contributed by atoms with E-state index in [4.69, 9.17) is 4.74 Å². The van der Waals surface area contributed by atoms with Crippen LogP contribution in [0.5, 0.6) is 0 Å². The Morgan fingerprint density at radius 2 is 1.85 bits per heavy atom. The molecule has 0 spiro atoms. The Balaban J connectivity index is 2.81. The molecule has 26 heavy (non-hydrogen) atoms. The summed E-state index contributed by atoms with van der Waals surface area (Å²) in [7, 11) is 1.67. The number of amides is 2. The highest BCUT2D eigenvalue weighted by Gasteiger charge is 2.22. The lowest BCUT2D eigenvalue weighted by molar-refractivity contribution is -0.140. The Morgan fingerprint density at radius 3 is 2.38 bits per heavy atom. The molecule has 0 aliphatic heterocycles. The first-order valence-electron chi connectivity index (χ1n) is 8.58. The number of nitrogens with one attached hydrogen (secondary N) is 1. The van der Waals surface area contributed by atoms with Crippen molar-refractivity contribution in [2.75, 3.05) is 20.2 Å². The molecule has 0 radical (unpaired) electrons. The topological polar surface area (TPSA) is 95.9 Å². The molecule has 7 nitrogen and oxygen atoms in total. The van der Waals surface area contributed by atoms with Crippen LogP contribution in [0.2, 0.25) is 0 Å². The van der Waals surface area contributed by atoms with Crippen molar-refractivity contribution in [3.63, 3.8) is 0 Å². The van der Waals surface area contributed by atoms with Crippen LogP contribution in [0.3, 0.4) is 0 Å². The lowest BCUT2D eigenvalue weighted by Gasteiger charge is -2.21. The highest BCUT2D eigenvalue weighted by Crippen LogP contribution is 2.10. The van der Waals surface area contributed by atoms with Gasteiger partial charge in [-0.15, -0.1) is 0 Å². The predicted octanol–water partition coefficient (Wildman–Crippen LogP) is 2.17. The first kappa shape index (κ1) is 21.6. The van der Waals surface area contributed by atoms with Crippen LogP contribution >= 0.6 is 0 Å². The third-order valence-electron chi connectivity index (χ3n) is 3.74. The normalized spacial score (nSPS) is 12.3. The van der Waals surface area contributed by atoms with Crippen LogP contribution in [0.1, 0.15) is 54.8 Å². The fraction of sp³-hybridized carbons (Fsp3) is 0.526. The minimum Gasteiger partial charge on any atom is -0.480 e. The van der Waals surface area contributed by atoms with Gasteiger partial charge in [0.25, 0.3) is 11.8 Å². The summed E-state index contributed by atoms with van der Waals surface area (Å²) in [6.45, 7) is 8.22. The average Bonchev–Trinajstić information content (AvgIpc) is 2.58.